The molecule has 166 valence electrons. The van der Waals surface area contributed by atoms with Crippen molar-refractivity contribution in [3.8, 4) is 0 Å². The summed E-state index contributed by atoms with van der Waals surface area (Å²) in [6.45, 7) is 2.65. The van der Waals surface area contributed by atoms with Crippen molar-refractivity contribution in [3.05, 3.63) is 69.2 Å². The van der Waals surface area contributed by atoms with E-state index in [-0.39, 0.29) is 27.2 Å². The van der Waals surface area contributed by atoms with Crippen LogP contribution in [-0.4, -0.2) is 24.3 Å². The first-order valence-electron chi connectivity index (χ1n) is 9.84. The lowest BCUT2D eigenvalue weighted by molar-refractivity contribution is -0.275. The zero-order chi connectivity index (χ0) is 22.6. The summed E-state index contributed by atoms with van der Waals surface area (Å²) in [7, 11) is 0. The summed E-state index contributed by atoms with van der Waals surface area (Å²) in [6.07, 6.45) is -2.30. The molecule has 31 heavy (non-hydrogen) atoms. The van der Waals surface area contributed by atoms with E-state index >= 15 is 0 Å². The van der Waals surface area contributed by atoms with E-state index in [9.17, 15) is 18.0 Å². The van der Waals surface area contributed by atoms with E-state index in [1.165, 1.54) is 12.1 Å². The summed E-state index contributed by atoms with van der Waals surface area (Å²) in [4.78, 5) is 17.2. The molecule has 9 heteroatoms. The van der Waals surface area contributed by atoms with E-state index < -0.39 is 18.2 Å². The number of benzene rings is 2. The number of rotatable bonds is 7. The van der Waals surface area contributed by atoms with E-state index in [0.717, 1.165) is 25.3 Å². The number of hydrogen-bond acceptors (Lipinski definition) is 3. The van der Waals surface area contributed by atoms with Crippen LogP contribution in [0.5, 0.6) is 0 Å². The van der Waals surface area contributed by atoms with E-state index in [0.29, 0.717) is 17.7 Å². The summed E-state index contributed by atoms with van der Waals surface area (Å²) in [5.41, 5.74) is -1.86. The monoisotopic (exact) mass is 472 g/mol. The molecule has 1 unspecified atom stereocenters. The normalized spacial score (nSPS) is 18.5. The van der Waals surface area contributed by atoms with Gasteiger partial charge in [-0.3, -0.25) is 4.79 Å². The van der Waals surface area contributed by atoms with Gasteiger partial charge in [-0.15, -0.1) is 0 Å². The third kappa shape index (κ3) is 4.99. The van der Waals surface area contributed by atoms with Crippen LogP contribution in [0.25, 0.3) is 0 Å². The van der Waals surface area contributed by atoms with Crippen molar-refractivity contribution in [2.24, 2.45) is 5.16 Å². The second-order valence-corrected chi connectivity index (χ2v) is 8.11. The second kappa shape index (κ2) is 9.49. The van der Waals surface area contributed by atoms with Gasteiger partial charge in [0.1, 0.15) is 0 Å². The Morgan fingerprint density at radius 1 is 1.13 bits per heavy atom. The molecule has 0 saturated heterocycles. The predicted octanol–water partition coefficient (Wildman–Crippen LogP) is 6.50. The number of oxime groups is 1. The maximum atomic E-state index is 14.0. The Hall–Kier alpha value is -2.25. The Balaban J connectivity index is 1.77. The molecule has 4 nitrogen and oxygen atoms in total. The van der Waals surface area contributed by atoms with Crippen LogP contribution in [0.15, 0.2) is 47.6 Å². The molecule has 2 aromatic rings. The Morgan fingerprint density at radius 2 is 1.84 bits per heavy atom. The summed E-state index contributed by atoms with van der Waals surface area (Å²) < 4.78 is 42.1. The highest BCUT2D eigenvalue weighted by Crippen LogP contribution is 2.49. The molecule has 0 fully saturated rings. The van der Waals surface area contributed by atoms with E-state index in [1.807, 2.05) is 0 Å². The highest BCUT2D eigenvalue weighted by Gasteiger charge is 2.62. The predicted molar refractivity (Wildman–Crippen MR) is 115 cm³/mol. The fraction of sp³-hybridized carbons (Fsp3) is 0.364. The lowest BCUT2D eigenvalue weighted by Crippen LogP contribution is -2.42. The maximum absolute atomic E-state index is 14.0. The molecule has 0 radical (unpaired) electrons. The second-order valence-electron chi connectivity index (χ2n) is 7.30. The Labute approximate surface area is 188 Å². The zero-order valence-corrected chi connectivity index (χ0v) is 18.2. The molecule has 0 spiro atoms. The van der Waals surface area contributed by atoms with Crippen LogP contribution >= 0.6 is 23.2 Å². The summed E-state index contributed by atoms with van der Waals surface area (Å²) in [5.74, 6) is -0.229. The molecule has 1 atom stereocenters. The van der Waals surface area contributed by atoms with Gasteiger partial charge in [0.05, 0.1) is 15.8 Å². The van der Waals surface area contributed by atoms with Gasteiger partial charge in [0.2, 0.25) is 0 Å². The van der Waals surface area contributed by atoms with Crippen LogP contribution < -0.4 is 5.32 Å². The van der Waals surface area contributed by atoms with Gasteiger partial charge in [-0.25, -0.2) is 0 Å². The van der Waals surface area contributed by atoms with Gasteiger partial charge in [0.25, 0.3) is 11.5 Å². The van der Waals surface area contributed by atoms with E-state index in [4.69, 9.17) is 28.0 Å². The minimum absolute atomic E-state index is 0.00542. The van der Waals surface area contributed by atoms with Crippen molar-refractivity contribution in [3.63, 3.8) is 0 Å². The Bertz CT molecular complexity index is 978. The average molecular weight is 473 g/mol. The van der Waals surface area contributed by atoms with Crippen molar-refractivity contribution >= 4 is 34.8 Å². The molecule has 3 rings (SSSR count). The maximum Gasteiger partial charge on any atom is 0.435 e. The van der Waals surface area contributed by atoms with Crippen LogP contribution in [0, 0.1) is 0 Å². The van der Waals surface area contributed by atoms with Gasteiger partial charge in [-0.05, 0) is 36.2 Å². The summed E-state index contributed by atoms with van der Waals surface area (Å²) >= 11 is 11.8. The number of halogens is 5. The minimum Gasteiger partial charge on any atom is -0.374 e. The molecule has 0 aromatic heterocycles. The number of unbranched alkanes of at least 4 members (excludes halogenated alkanes) is 2. The number of alkyl halides is 3. The largest absolute Gasteiger partial charge is 0.435 e. The molecule has 1 amide bonds. The average Bonchev–Trinajstić information content (AvgIpc) is 3.20. The first-order valence-corrected chi connectivity index (χ1v) is 10.6. The van der Waals surface area contributed by atoms with Crippen LogP contribution in [0.2, 0.25) is 10.0 Å². The summed E-state index contributed by atoms with van der Waals surface area (Å²) in [6, 6.07) is 9.89. The van der Waals surface area contributed by atoms with Crippen LogP contribution in [0.4, 0.5) is 13.2 Å². The van der Waals surface area contributed by atoms with Gasteiger partial charge in [-0.1, -0.05) is 66.3 Å². The number of carbonyl (C=O) groups excluding carboxylic acids is 1. The molecule has 1 aliphatic heterocycles. The third-order valence-corrected chi connectivity index (χ3v) is 5.86. The molecule has 0 saturated carbocycles. The number of nitrogens with one attached hydrogen (secondary N) is 1. The van der Waals surface area contributed by atoms with Crippen molar-refractivity contribution in [1.29, 1.82) is 0 Å². The molecule has 1 heterocycles. The molecular formula is C22H21Cl2F3N2O2. The van der Waals surface area contributed by atoms with Gasteiger partial charge >= 0.3 is 6.18 Å². The number of carbonyl (C=O) groups is 1. The number of hydrogen-bond donors (Lipinski definition) is 1. The van der Waals surface area contributed by atoms with Gasteiger partial charge in [0, 0.05) is 24.1 Å². The van der Waals surface area contributed by atoms with Gasteiger partial charge < -0.3 is 10.2 Å². The van der Waals surface area contributed by atoms with E-state index in [1.54, 1.807) is 24.3 Å². The number of amides is 1. The standard InChI is InChI=1S/C22H21Cl2F3N2O2/c1-2-3-4-11-28-20(30)15-7-5-14(6-8-15)19-13-21(31-29-19,22(25,26)27)16-9-10-17(23)18(24)12-16/h5-10,12H,2-4,11,13H2,1H3,(H,28,30). The van der Waals surface area contributed by atoms with E-state index in [2.05, 4.69) is 17.4 Å². The van der Waals surface area contributed by atoms with Crippen molar-refractivity contribution in [2.45, 2.75) is 44.4 Å². The zero-order valence-electron chi connectivity index (χ0n) is 16.7. The Morgan fingerprint density at radius 3 is 2.45 bits per heavy atom. The fourth-order valence-electron chi connectivity index (χ4n) is 3.30. The first-order chi connectivity index (χ1) is 14.7. The lowest BCUT2D eigenvalue weighted by atomic mass is 9.86. The molecule has 0 bridgehead atoms. The smallest absolute Gasteiger partial charge is 0.374 e. The molecular weight excluding hydrogens is 452 g/mol. The SMILES string of the molecule is CCCCCNC(=O)c1ccc(C2=NOC(c3ccc(Cl)c(Cl)c3)(C(F)(F)F)C2)cc1. The molecule has 2 aromatic carbocycles. The van der Waals surface area contributed by atoms with Crippen LogP contribution in [-0.2, 0) is 10.4 Å². The van der Waals surface area contributed by atoms with Crippen molar-refractivity contribution < 1.29 is 22.8 Å². The third-order valence-electron chi connectivity index (χ3n) is 5.12. The summed E-state index contributed by atoms with van der Waals surface area (Å²) in [5, 5.41) is 6.68. The van der Waals surface area contributed by atoms with Crippen LogP contribution in [0.1, 0.15) is 54.1 Å². The Kier molecular flexibility index (Phi) is 7.17. The lowest BCUT2D eigenvalue weighted by Gasteiger charge is -2.29. The molecule has 1 N–H and O–H groups in total. The molecule has 0 aliphatic carbocycles. The fourth-order valence-corrected chi connectivity index (χ4v) is 3.60. The van der Waals surface area contributed by atoms with Crippen molar-refractivity contribution in [1.82, 2.24) is 5.32 Å². The highest BCUT2D eigenvalue weighted by molar-refractivity contribution is 6.42. The van der Waals surface area contributed by atoms with Crippen LogP contribution in [0.3, 0.4) is 0 Å². The highest BCUT2D eigenvalue weighted by atomic mass is 35.5. The van der Waals surface area contributed by atoms with Crippen molar-refractivity contribution in [2.75, 3.05) is 6.54 Å². The van der Waals surface area contributed by atoms with Gasteiger partial charge in [0.15, 0.2) is 0 Å². The molecule has 1 aliphatic rings. The quantitative estimate of drug-likeness (QED) is 0.467. The topological polar surface area (TPSA) is 50.7 Å². The first kappa shape index (κ1) is 23.4. The van der Waals surface area contributed by atoms with Gasteiger partial charge in [-0.2, -0.15) is 13.2 Å². The minimum atomic E-state index is -4.74. The number of nitrogens with zero attached hydrogens (tertiary/aromatic N) is 1.